The Labute approximate surface area is 173 Å². The predicted octanol–water partition coefficient (Wildman–Crippen LogP) is 3.94. The summed E-state index contributed by atoms with van der Waals surface area (Å²) in [5.41, 5.74) is 3.08. The van der Waals surface area contributed by atoms with E-state index in [0.717, 1.165) is 11.1 Å². The molecule has 2 aromatic carbocycles. The van der Waals surface area contributed by atoms with Gasteiger partial charge in [0.2, 0.25) is 0 Å². The summed E-state index contributed by atoms with van der Waals surface area (Å²) in [4.78, 5) is 29.0. The molecule has 0 spiro atoms. The molecule has 150 valence electrons. The van der Waals surface area contributed by atoms with Crippen molar-refractivity contribution in [2.45, 2.75) is 20.1 Å². The summed E-state index contributed by atoms with van der Waals surface area (Å²) in [5.74, 6) is 0.173. The van der Waals surface area contributed by atoms with E-state index in [1.165, 1.54) is 10.5 Å². The van der Waals surface area contributed by atoms with Gasteiger partial charge in [0, 0.05) is 12.3 Å². The van der Waals surface area contributed by atoms with Gasteiger partial charge in [-0.05, 0) is 48.4 Å². The number of fused-ring (bicyclic) bond motifs is 1. The Bertz CT molecular complexity index is 1230. The molecule has 2 heterocycles. The van der Waals surface area contributed by atoms with Gasteiger partial charge in [-0.25, -0.2) is 9.78 Å². The van der Waals surface area contributed by atoms with Gasteiger partial charge in [-0.2, -0.15) is 0 Å². The number of carbonyl (C=O) groups excluding carboxylic acids is 1. The van der Waals surface area contributed by atoms with Gasteiger partial charge in [0.05, 0.1) is 11.3 Å². The van der Waals surface area contributed by atoms with Gasteiger partial charge in [0.1, 0.15) is 24.6 Å². The average Bonchev–Trinajstić information content (AvgIpc) is 2.78. The lowest BCUT2D eigenvalue weighted by Gasteiger charge is -2.09. The Morgan fingerprint density at radius 3 is 2.50 bits per heavy atom. The zero-order valence-corrected chi connectivity index (χ0v) is 16.4. The van der Waals surface area contributed by atoms with Crippen molar-refractivity contribution in [3.63, 3.8) is 0 Å². The highest BCUT2D eigenvalue weighted by molar-refractivity contribution is 5.89. The molecule has 30 heavy (non-hydrogen) atoms. The highest BCUT2D eigenvalue weighted by atomic mass is 16.5. The van der Waals surface area contributed by atoms with Gasteiger partial charge in [-0.3, -0.25) is 9.20 Å². The third-order valence-electron chi connectivity index (χ3n) is 4.63. The number of benzene rings is 2. The molecule has 0 fully saturated rings. The fourth-order valence-corrected chi connectivity index (χ4v) is 3.03. The molecule has 0 aliphatic carbocycles. The van der Waals surface area contributed by atoms with E-state index in [1.54, 1.807) is 36.5 Å². The molecule has 6 nitrogen and oxygen atoms in total. The second-order valence-corrected chi connectivity index (χ2v) is 6.85. The summed E-state index contributed by atoms with van der Waals surface area (Å²) in [6.45, 7) is 2.25. The molecular formula is C24H20N2O4. The van der Waals surface area contributed by atoms with Gasteiger partial charge in [0.15, 0.2) is 0 Å². The predicted molar refractivity (Wildman–Crippen MR) is 113 cm³/mol. The van der Waals surface area contributed by atoms with Crippen molar-refractivity contribution in [2.24, 2.45) is 0 Å². The lowest BCUT2D eigenvalue weighted by atomic mass is 10.2. The number of aromatic nitrogens is 2. The van der Waals surface area contributed by atoms with E-state index < -0.39 is 5.97 Å². The Morgan fingerprint density at radius 2 is 1.73 bits per heavy atom. The molecule has 0 aliphatic heterocycles. The van der Waals surface area contributed by atoms with Crippen LogP contribution in [0.4, 0.5) is 0 Å². The molecular weight excluding hydrogens is 380 g/mol. The highest BCUT2D eigenvalue weighted by Crippen LogP contribution is 2.15. The van der Waals surface area contributed by atoms with E-state index in [-0.39, 0.29) is 12.2 Å². The molecule has 0 aliphatic rings. The van der Waals surface area contributed by atoms with Crippen LogP contribution >= 0.6 is 0 Å². The van der Waals surface area contributed by atoms with Crippen molar-refractivity contribution in [2.75, 3.05) is 0 Å². The number of carbonyl (C=O) groups is 1. The molecule has 0 atom stereocenters. The van der Waals surface area contributed by atoms with Crippen molar-refractivity contribution in [1.29, 1.82) is 0 Å². The summed E-state index contributed by atoms with van der Waals surface area (Å²) >= 11 is 0. The fraction of sp³-hybridized carbons (Fsp3) is 0.125. The van der Waals surface area contributed by atoms with Gasteiger partial charge >= 0.3 is 5.97 Å². The fourth-order valence-electron chi connectivity index (χ4n) is 3.03. The maximum absolute atomic E-state index is 12.3. The third kappa shape index (κ3) is 4.38. The van der Waals surface area contributed by atoms with E-state index in [0.29, 0.717) is 29.3 Å². The number of ether oxygens (including phenoxy) is 2. The SMILES string of the molecule is Cc1cccn2c(=O)cc(COC(=O)c3ccc(OCc4ccccc4)cc3)nc12. The molecule has 0 saturated heterocycles. The molecule has 0 unspecified atom stereocenters. The summed E-state index contributed by atoms with van der Waals surface area (Å²) in [6, 6.07) is 21.6. The summed E-state index contributed by atoms with van der Waals surface area (Å²) in [5, 5.41) is 0. The van der Waals surface area contributed by atoms with Gasteiger partial charge < -0.3 is 9.47 Å². The van der Waals surface area contributed by atoms with Crippen molar-refractivity contribution in [3.05, 3.63) is 112 Å². The molecule has 4 aromatic rings. The van der Waals surface area contributed by atoms with Crippen LogP contribution in [0.15, 0.2) is 83.8 Å². The van der Waals surface area contributed by atoms with E-state index in [2.05, 4.69) is 4.98 Å². The van der Waals surface area contributed by atoms with Crippen LogP contribution in [0.3, 0.4) is 0 Å². The van der Waals surface area contributed by atoms with Crippen LogP contribution in [0.2, 0.25) is 0 Å². The smallest absolute Gasteiger partial charge is 0.338 e. The molecule has 0 radical (unpaired) electrons. The highest BCUT2D eigenvalue weighted by Gasteiger charge is 2.10. The van der Waals surface area contributed by atoms with Crippen molar-refractivity contribution in [3.8, 4) is 5.75 Å². The zero-order valence-electron chi connectivity index (χ0n) is 16.4. The quantitative estimate of drug-likeness (QED) is 0.459. The molecule has 0 amide bonds. The topological polar surface area (TPSA) is 69.9 Å². The van der Waals surface area contributed by atoms with Crippen LogP contribution in [0.5, 0.6) is 5.75 Å². The lowest BCUT2D eigenvalue weighted by Crippen LogP contribution is -2.17. The van der Waals surface area contributed by atoms with E-state index in [4.69, 9.17) is 9.47 Å². The van der Waals surface area contributed by atoms with Crippen molar-refractivity contribution < 1.29 is 14.3 Å². The Balaban J connectivity index is 1.39. The number of esters is 1. The van der Waals surface area contributed by atoms with Crippen LogP contribution in [-0.4, -0.2) is 15.4 Å². The monoisotopic (exact) mass is 400 g/mol. The first-order valence-corrected chi connectivity index (χ1v) is 9.52. The lowest BCUT2D eigenvalue weighted by molar-refractivity contribution is 0.0467. The average molecular weight is 400 g/mol. The second kappa shape index (κ2) is 8.61. The number of hydrogen-bond acceptors (Lipinski definition) is 5. The molecule has 2 aromatic heterocycles. The number of pyridine rings is 1. The molecule has 6 heteroatoms. The van der Waals surface area contributed by atoms with Crippen LogP contribution in [0.1, 0.15) is 27.2 Å². The van der Waals surface area contributed by atoms with Crippen LogP contribution < -0.4 is 10.3 Å². The minimum absolute atomic E-state index is 0.0782. The minimum Gasteiger partial charge on any atom is -0.489 e. The maximum Gasteiger partial charge on any atom is 0.338 e. The molecule has 4 rings (SSSR count). The third-order valence-corrected chi connectivity index (χ3v) is 4.63. The minimum atomic E-state index is -0.489. The first-order chi connectivity index (χ1) is 14.6. The van der Waals surface area contributed by atoms with Gasteiger partial charge in [-0.15, -0.1) is 0 Å². The number of rotatable bonds is 6. The molecule has 0 bridgehead atoms. The van der Waals surface area contributed by atoms with E-state index >= 15 is 0 Å². The Kier molecular flexibility index (Phi) is 5.57. The normalized spacial score (nSPS) is 10.7. The molecule has 0 saturated carbocycles. The summed E-state index contributed by atoms with van der Waals surface area (Å²) in [6.07, 6.45) is 1.66. The van der Waals surface area contributed by atoms with Crippen molar-refractivity contribution in [1.82, 2.24) is 9.38 Å². The van der Waals surface area contributed by atoms with E-state index in [9.17, 15) is 9.59 Å². The van der Waals surface area contributed by atoms with Crippen LogP contribution in [0.25, 0.3) is 5.65 Å². The van der Waals surface area contributed by atoms with Gasteiger partial charge in [-0.1, -0.05) is 36.4 Å². The van der Waals surface area contributed by atoms with Crippen molar-refractivity contribution >= 4 is 11.6 Å². The van der Waals surface area contributed by atoms with Crippen LogP contribution in [0, 0.1) is 6.92 Å². The zero-order chi connectivity index (χ0) is 20.9. The number of aryl methyl sites for hydroxylation is 1. The molecule has 0 N–H and O–H groups in total. The summed E-state index contributed by atoms with van der Waals surface area (Å²) in [7, 11) is 0. The first-order valence-electron chi connectivity index (χ1n) is 9.52. The number of hydrogen-bond donors (Lipinski definition) is 0. The standard InChI is InChI=1S/C24H20N2O4/c1-17-6-5-13-26-22(27)14-20(25-23(17)26)16-30-24(28)19-9-11-21(12-10-19)29-15-18-7-3-2-4-8-18/h2-14H,15-16H2,1H3. The van der Waals surface area contributed by atoms with E-state index in [1.807, 2.05) is 43.3 Å². The van der Waals surface area contributed by atoms with Gasteiger partial charge in [0.25, 0.3) is 5.56 Å². The van der Waals surface area contributed by atoms with Crippen LogP contribution in [-0.2, 0) is 18.0 Å². The largest absolute Gasteiger partial charge is 0.489 e. The Morgan fingerprint density at radius 1 is 0.967 bits per heavy atom. The first kappa shape index (κ1) is 19.4. The maximum atomic E-state index is 12.3. The second-order valence-electron chi connectivity index (χ2n) is 6.85. The Hall–Kier alpha value is -3.93. The summed E-state index contributed by atoms with van der Waals surface area (Å²) < 4.78 is 12.5. The number of nitrogens with zero attached hydrogens (tertiary/aromatic N) is 2.